The van der Waals surface area contributed by atoms with Crippen molar-refractivity contribution in [2.75, 3.05) is 13.2 Å². The first kappa shape index (κ1) is 14.3. The first-order valence-corrected chi connectivity index (χ1v) is 7.27. The third-order valence-corrected chi connectivity index (χ3v) is 3.87. The Morgan fingerprint density at radius 2 is 2.37 bits per heavy atom. The summed E-state index contributed by atoms with van der Waals surface area (Å²) in [6.07, 6.45) is 4.41. The van der Waals surface area contributed by atoms with Crippen LogP contribution in [-0.4, -0.2) is 24.1 Å². The summed E-state index contributed by atoms with van der Waals surface area (Å²) in [6.45, 7) is 1.60. The van der Waals surface area contributed by atoms with Crippen LogP contribution in [0.1, 0.15) is 25.7 Å². The first-order valence-electron chi connectivity index (χ1n) is 6.47. The largest absolute Gasteiger partial charge is 0.486 e. The van der Waals surface area contributed by atoms with Crippen LogP contribution in [0.15, 0.2) is 22.7 Å². The molecule has 1 aromatic rings. The van der Waals surface area contributed by atoms with Crippen molar-refractivity contribution in [2.45, 2.75) is 31.7 Å². The molecule has 2 rings (SSSR count). The molecule has 104 valence electrons. The molecule has 1 heterocycles. The molecule has 1 aliphatic heterocycles. The van der Waals surface area contributed by atoms with Gasteiger partial charge in [-0.25, -0.2) is 0 Å². The number of nitrogens with one attached hydrogen (secondary N) is 1. The predicted octanol–water partition coefficient (Wildman–Crippen LogP) is 3.27. The smallest absolute Gasteiger partial charge is 0.312 e. The second-order valence-electron chi connectivity index (χ2n) is 4.63. The van der Waals surface area contributed by atoms with Crippen molar-refractivity contribution < 1.29 is 9.66 Å². The van der Waals surface area contributed by atoms with Crippen LogP contribution in [0.25, 0.3) is 0 Å². The second kappa shape index (κ2) is 6.86. The second-order valence-corrected chi connectivity index (χ2v) is 5.48. The number of hydrogen-bond donors (Lipinski definition) is 1. The summed E-state index contributed by atoms with van der Waals surface area (Å²) in [4.78, 5) is 10.5. The van der Waals surface area contributed by atoms with E-state index in [0.29, 0.717) is 22.9 Å². The molecule has 1 atom stereocenters. The van der Waals surface area contributed by atoms with E-state index in [1.165, 1.54) is 18.9 Å². The lowest BCUT2D eigenvalue weighted by atomic mass is 10.1. The van der Waals surface area contributed by atoms with Crippen LogP contribution in [0, 0.1) is 10.1 Å². The zero-order valence-electron chi connectivity index (χ0n) is 10.6. The fourth-order valence-electron chi connectivity index (χ4n) is 2.29. The van der Waals surface area contributed by atoms with Gasteiger partial charge in [0.1, 0.15) is 0 Å². The Kier molecular flexibility index (Phi) is 5.15. The standard InChI is InChI=1S/C13H17BrN2O3/c14-11-6-1-7-12(16(17)18)13(11)19-9-3-5-10-4-2-8-15-10/h1,6-7,10,15H,2-5,8-9H2. The molecule has 0 bridgehead atoms. The van der Waals surface area contributed by atoms with Gasteiger partial charge >= 0.3 is 5.69 Å². The molecule has 1 fully saturated rings. The lowest BCUT2D eigenvalue weighted by Gasteiger charge is -2.11. The van der Waals surface area contributed by atoms with Crippen LogP contribution in [0.3, 0.4) is 0 Å². The fraction of sp³-hybridized carbons (Fsp3) is 0.538. The molecule has 0 spiro atoms. The topological polar surface area (TPSA) is 64.4 Å². The summed E-state index contributed by atoms with van der Waals surface area (Å²) >= 11 is 3.29. The van der Waals surface area contributed by atoms with Crippen LogP contribution < -0.4 is 10.1 Å². The van der Waals surface area contributed by atoms with Gasteiger partial charge in [0, 0.05) is 12.1 Å². The van der Waals surface area contributed by atoms with Gasteiger partial charge in [-0.1, -0.05) is 6.07 Å². The third kappa shape index (κ3) is 3.91. The Morgan fingerprint density at radius 1 is 1.53 bits per heavy atom. The number of rotatable bonds is 6. The highest BCUT2D eigenvalue weighted by Gasteiger charge is 2.18. The van der Waals surface area contributed by atoms with Crippen molar-refractivity contribution in [2.24, 2.45) is 0 Å². The highest BCUT2D eigenvalue weighted by Crippen LogP contribution is 2.34. The summed E-state index contributed by atoms with van der Waals surface area (Å²) < 4.78 is 6.20. The lowest BCUT2D eigenvalue weighted by molar-refractivity contribution is -0.386. The van der Waals surface area contributed by atoms with Gasteiger partial charge in [-0.3, -0.25) is 10.1 Å². The van der Waals surface area contributed by atoms with E-state index in [2.05, 4.69) is 21.2 Å². The van der Waals surface area contributed by atoms with Crippen molar-refractivity contribution in [1.82, 2.24) is 5.32 Å². The van der Waals surface area contributed by atoms with Crippen LogP contribution >= 0.6 is 15.9 Å². The van der Waals surface area contributed by atoms with E-state index in [1.807, 2.05) is 0 Å². The van der Waals surface area contributed by atoms with Gasteiger partial charge in [-0.2, -0.15) is 0 Å². The number of ether oxygens (including phenoxy) is 1. The normalized spacial score (nSPS) is 18.5. The van der Waals surface area contributed by atoms with Gasteiger partial charge < -0.3 is 10.1 Å². The van der Waals surface area contributed by atoms with E-state index in [4.69, 9.17) is 4.74 Å². The van der Waals surface area contributed by atoms with E-state index in [0.717, 1.165) is 19.4 Å². The fourth-order valence-corrected chi connectivity index (χ4v) is 2.76. The Morgan fingerprint density at radius 3 is 3.05 bits per heavy atom. The zero-order chi connectivity index (χ0) is 13.7. The molecule has 0 amide bonds. The summed E-state index contributed by atoms with van der Waals surface area (Å²) in [5.41, 5.74) is 0.00775. The van der Waals surface area contributed by atoms with Gasteiger partial charge in [0.05, 0.1) is 16.0 Å². The van der Waals surface area contributed by atoms with E-state index in [1.54, 1.807) is 12.1 Å². The molecular weight excluding hydrogens is 312 g/mol. The molecule has 1 saturated heterocycles. The van der Waals surface area contributed by atoms with Crippen molar-refractivity contribution in [3.05, 3.63) is 32.8 Å². The molecule has 1 unspecified atom stereocenters. The molecule has 6 heteroatoms. The monoisotopic (exact) mass is 328 g/mol. The van der Waals surface area contributed by atoms with Crippen molar-refractivity contribution in [3.63, 3.8) is 0 Å². The molecule has 1 aliphatic rings. The third-order valence-electron chi connectivity index (χ3n) is 3.25. The average molecular weight is 329 g/mol. The molecule has 0 aliphatic carbocycles. The maximum absolute atomic E-state index is 10.9. The molecular formula is C13H17BrN2O3. The zero-order valence-corrected chi connectivity index (χ0v) is 12.2. The molecule has 0 radical (unpaired) electrons. The van der Waals surface area contributed by atoms with E-state index in [-0.39, 0.29) is 5.69 Å². The Hall–Kier alpha value is -1.14. The van der Waals surface area contributed by atoms with Crippen molar-refractivity contribution in [1.29, 1.82) is 0 Å². The summed E-state index contributed by atoms with van der Waals surface area (Å²) in [5, 5.41) is 14.3. The van der Waals surface area contributed by atoms with Gasteiger partial charge in [0.2, 0.25) is 5.75 Å². The predicted molar refractivity (Wildman–Crippen MR) is 76.6 cm³/mol. The lowest BCUT2D eigenvalue weighted by Crippen LogP contribution is -2.21. The number of nitrogens with zero attached hydrogens (tertiary/aromatic N) is 1. The summed E-state index contributed by atoms with van der Waals surface area (Å²) in [6, 6.07) is 5.43. The van der Waals surface area contributed by atoms with Gasteiger partial charge in [0.25, 0.3) is 0 Å². The summed E-state index contributed by atoms with van der Waals surface area (Å²) in [5.74, 6) is 0.326. The molecule has 5 nitrogen and oxygen atoms in total. The van der Waals surface area contributed by atoms with Crippen molar-refractivity contribution in [3.8, 4) is 5.75 Å². The van der Waals surface area contributed by atoms with E-state index in [9.17, 15) is 10.1 Å². The maximum atomic E-state index is 10.9. The Balaban J connectivity index is 1.86. The number of benzene rings is 1. The molecule has 0 saturated carbocycles. The van der Waals surface area contributed by atoms with Gasteiger partial charge in [-0.15, -0.1) is 0 Å². The minimum absolute atomic E-state index is 0.00775. The molecule has 0 aromatic heterocycles. The van der Waals surface area contributed by atoms with Crippen LogP contribution in [0.4, 0.5) is 5.69 Å². The van der Waals surface area contributed by atoms with Crippen molar-refractivity contribution >= 4 is 21.6 Å². The minimum atomic E-state index is -0.418. The maximum Gasteiger partial charge on any atom is 0.312 e. The quantitative estimate of drug-likeness (QED) is 0.494. The Bertz CT molecular complexity index is 448. The SMILES string of the molecule is O=[N+]([O-])c1cccc(Br)c1OCCCC1CCCN1. The number of hydrogen-bond acceptors (Lipinski definition) is 4. The van der Waals surface area contributed by atoms with Gasteiger partial charge in [0.15, 0.2) is 0 Å². The van der Waals surface area contributed by atoms with Crippen LogP contribution in [0.5, 0.6) is 5.75 Å². The first-order chi connectivity index (χ1) is 9.18. The molecule has 1 aromatic carbocycles. The highest BCUT2D eigenvalue weighted by atomic mass is 79.9. The minimum Gasteiger partial charge on any atom is -0.486 e. The van der Waals surface area contributed by atoms with E-state index >= 15 is 0 Å². The summed E-state index contributed by atoms with van der Waals surface area (Å²) in [7, 11) is 0. The average Bonchev–Trinajstić information content (AvgIpc) is 2.88. The van der Waals surface area contributed by atoms with E-state index < -0.39 is 4.92 Å². The number of halogens is 1. The number of nitro groups is 1. The molecule has 1 N–H and O–H groups in total. The van der Waals surface area contributed by atoms with Crippen LogP contribution in [-0.2, 0) is 0 Å². The van der Waals surface area contributed by atoms with Gasteiger partial charge in [-0.05, 0) is 54.2 Å². The molecule has 19 heavy (non-hydrogen) atoms. The van der Waals surface area contributed by atoms with Crippen LogP contribution in [0.2, 0.25) is 0 Å². The number of para-hydroxylation sites is 1. The Labute approximate surface area is 120 Å². The number of nitro benzene ring substituents is 1. The highest BCUT2D eigenvalue weighted by molar-refractivity contribution is 9.10.